The number of hydrogen-bond donors (Lipinski definition) is 1. The van der Waals surface area contributed by atoms with E-state index in [4.69, 9.17) is 33.0 Å². The smallest absolute Gasteiger partial charge is 0.313 e. The highest BCUT2D eigenvalue weighted by molar-refractivity contribution is 7.99. The fourth-order valence-corrected chi connectivity index (χ4v) is 3.46. The van der Waals surface area contributed by atoms with Crippen LogP contribution in [-0.2, 0) is 10.5 Å². The first-order valence-electron chi connectivity index (χ1n) is 7.55. The van der Waals surface area contributed by atoms with Crippen molar-refractivity contribution in [3.8, 4) is 5.75 Å². The highest BCUT2D eigenvalue weighted by Gasteiger charge is 2.10. The number of aliphatic carboxylic acids is 1. The number of carboxylic acid groups (broad SMARTS) is 1. The Kier molecular flexibility index (Phi) is 7.57. The number of hydrogen-bond acceptors (Lipinski definition) is 4. The lowest BCUT2D eigenvalue weighted by molar-refractivity contribution is -0.133. The fourth-order valence-electron chi connectivity index (χ4n) is 2.22. The van der Waals surface area contributed by atoms with Gasteiger partial charge in [0, 0.05) is 32.5 Å². The maximum atomic E-state index is 12.5. The van der Waals surface area contributed by atoms with Crippen molar-refractivity contribution in [2.45, 2.75) is 5.75 Å². The van der Waals surface area contributed by atoms with Gasteiger partial charge in [-0.15, -0.1) is 11.8 Å². The topological polar surface area (TPSA) is 63.6 Å². The predicted molar refractivity (Wildman–Crippen MR) is 107 cm³/mol. The predicted octanol–water partition coefficient (Wildman–Crippen LogP) is 5.22. The number of methoxy groups -OCH3 is 1. The second kappa shape index (κ2) is 9.67. The molecule has 136 valence electrons. The van der Waals surface area contributed by atoms with Gasteiger partial charge in [0.05, 0.1) is 12.9 Å². The quantitative estimate of drug-likeness (QED) is 0.477. The number of rotatable bonds is 8. The van der Waals surface area contributed by atoms with Crippen molar-refractivity contribution in [2.24, 2.45) is 0 Å². The maximum Gasteiger partial charge on any atom is 0.313 e. The first kappa shape index (κ1) is 20.4. The second-order valence-corrected chi connectivity index (χ2v) is 7.05. The summed E-state index contributed by atoms with van der Waals surface area (Å²) in [5.41, 5.74) is 1.81. The molecule has 0 aliphatic heterocycles. The van der Waals surface area contributed by atoms with Crippen molar-refractivity contribution in [1.82, 2.24) is 0 Å². The lowest BCUT2D eigenvalue weighted by atomic mass is 10.1. The van der Waals surface area contributed by atoms with E-state index in [2.05, 4.69) is 0 Å². The van der Waals surface area contributed by atoms with Gasteiger partial charge in [-0.3, -0.25) is 9.59 Å². The number of ether oxygens (including phenoxy) is 1. The number of carboxylic acids is 1. The minimum atomic E-state index is -0.888. The standard InChI is InChI=1S/C19H16Cl2O4S/c1-25-18-8-5-12(9-13(18)10-26-11-19(23)24)17(22)7-6-14-15(20)3-2-4-16(14)21/h2-9H,10-11H2,1H3,(H,23,24)/b7-6+. The molecule has 2 aromatic rings. The summed E-state index contributed by atoms with van der Waals surface area (Å²) in [5, 5.41) is 9.67. The third kappa shape index (κ3) is 5.53. The zero-order valence-electron chi connectivity index (χ0n) is 13.9. The third-order valence-corrected chi connectivity index (χ3v) is 5.07. The van der Waals surface area contributed by atoms with Crippen molar-refractivity contribution in [1.29, 1.82) is 0 Å². The van der Waals surface area contributed by atoms with Gasteiger partial charge in [-0.1, -0.05) is 29.3 Å². The van der Waals surface area contributed by atoms with Crippen LogP contribution in [0.4, 0.5) is 0 Å². The summed E-state index contributed by atoms with van der Waals surface area (Å²) in [4.78, 5) is 23.1. The summed E-state index contributed by atoms with van der Waals surface area (Å²) in [5.74, 6) is -0.0884. The Morgan fingerprint density at radius 2 is 1.88 bits per heavy atom. The number of halogens is 2. The molecule has 0 radical (unpaired) electrons. The van der Waals surface area contributed by atoms with E-state index in [0.717, 1.165) is 5.56 Å². The van der Waals surface area contributed by atoms with Crippen LogP contribution >= 0.6 is 35.0 Å². The molecule has 1 N–H and O–H groups in total. The molecular formula is C19H16Cl2O4S. The largest absolute Gasteiger partial charge is 0.496 e. The van der Waals surface area contributed by atoms with Gasteiger partial charge in [0.1, 0.15) is 5.75 Å². The van der Waals surface area contributed by atoms with E-state index in [1.807, 2.05) is 0 Å². The van der Waals surface area contributed by atoms with Gasteiger partial charge in [0.2, 0.25) is 0 Å². The maximum absolute atomic E-state index is 12.5. The van der Waals surface area contributed by atoms with Crippen LogP contribution in [0.3, 0.4) is 0 Å². The minimum Gasteiger partial charge on any atom is -0.496 e. The average Bonchev–Trinajstić information content (AvgIpc) is 2.60. The van der Waals surface area contributed by atoms with Gasteiger partial charge in [0.25, 0.3) is 0 Å². The molecule has 2 rings (SSSR count). The zero-order valence-corrected chi connectivity index (χ0v) is 16.2. The normalized spacial score (nSPS) is 10.9. The van der Waals surface area contributed by atoms with Crippen LogP contribution in [0.1, 0.15) is 21.5 Å². The molecule has 0 heterocycles. The molecule has 0 saturated heterocycles. The Balaban J connectivity index is 2.20. The fraction of sp³-hybridized carbons (Fsp3) is 0.158. The van der Waals surface area contributed by atoms with Crippen molar-refractivity contribution in [3.05, 3.63) is 69.2 Å². The average molecular weight is 411 g/mol. The van der Waals surface area contributed by atoms with Gasteiger partial charge in [-0.05, 0) is 42.5 Å². The Labute approximate surface area is 165 Å². The van der Waals surface area contributed by atoms with Crippen LogP contribution in [0.5, 0.6) is 5.75 Å². The molecule has 0 amide bonds. The molecule has 0 aliphatic rings. The van der Waals surface area contributed by atoms with Crippen LogP contribution in [-0.4, -0.2) is 29.7 Å². The Bertz CT molecular complexity index is 829. The van der Waals surface area contributed by atoms with Gasteiger partial charge in [0.15, 0.2) is 5.78 Å². The molecule has 0 saturated carbocycles. The van der Waals surface area contributed by atoms with Gasteiger partial charge in [-0.25, -0.2) is 0 Å². The molecule has 4 nitrogen and oxygen atoms in total. The number of carbonyl (C=O) groups is 2. The molecular weight excluding hydrogens is 395 g/mol. The van der Waals surface area contributed by atoms with Crippen LogP contribution < -0.4 is 4.74 Å². The third-order valence-electron chi connectivity index (χ3n) is 3.45. The number of ketones is 1. The van der Waals surface area contributed by atoms with Crippen molar-refractivity contribution in [2.75, 3.05) is 12.9 Å². The SMILES string of the molecule is COc1ccc(C(=O)/C=C/c2c(Cl)cccc2Cl)cc1CSCC(=O)O. The minimum absolute atomic E-state index is 0.0216. The van der Waals surface area contributed by atoms with Crippen molar-refractivity contribution in [3.63, 3.8) is 0 Å². The van der Waals surface area contributed by atoms with E-state index in [1.54, 1.807) is 42.5 Å². The highest BCUT2D eigenvalue weighted by Crippen LogP contribution is 2.27. The first-order valence-corrected chi connectivity index (χ1v) is 9.46. The summed E-state index contributed by atoms with van der Waals surface area (Å²) in [7, 11) is 1.53. The summed E-state index contributed by atoms with van der Waals surface area (Å²) < 4.78 is 5.27. The second-order valence-electron chi connectivity index (χ2n) is 5.25. The number of benzene rings is 2. The van der Waals surface area contributed by atoms with E-state index in [-0.39, 0.29) is 11.5 Å². The van der Waals surface area contributed by atoms with Gasteiger partial charge >= 0.3 is 5.97 Å². The van der Waals surface area contributed by atoms with E-state index in [1.165, 1.54) is 24.9 Å². The molecule has 0 fully saturated rings. The molecule has 0 aromatic heterocycles. The summed E-state index contributed by atoms with van der Waals surface area (Å²) in [6.45, 7) is 0. The lowest BCUT2D eigenvalue weighted by Crippen LogP contribution is -2.01. The highest BCUT2D eigenvalue weighted by atomic mass is 35.5. The number of allylic oxidation sites excluding steroid dienone is 1. The van der Waals surface area contributed by atoms with E-state index in [0.29, 0.717) is 32.7 Å². The molecule has 7 heteroatoms. The summed E-state index contributed by atoms with van der Waals surface area (Å²) in [6.07, 6.45) is 2.99. The first-order chi connectivity index (χ1) is 12.4. The van der Waals surface area contributed by atoms with E-state index in [9.17, 15) is 9.59 Å². The molecule has 0 spiro atoms. The lowest BCUT2D eigenvalue weighted by Gasteiger charge is -2.09. The Morgan fingerprint density at radius 1 is 1.19 bits per heavy atom. The molecule has 0 aliphatic carbocycles. The van der Waals surface area contributed by atoms with Crippen molar-refractivity contribution >= 4 is 52.8 Å². The van der Waals surface area contributed by atoms with Gasteiger partial charge in [-0.2, -0.15) is 0 Å². The van der Waals surface area contributed by atoms with Gasteiger partial charge < -0.3 is 9.84 Å². The zero-order chi connectivity index (χ0) is 19.1. The summed E-state index contributed by atoms with van der Waals surface area (Å²) in [6, 6.07) is 10.2. The van der Waals surface area contributed by atoms with E-state index >= 15 is 0 Å². The number of carbonyl (C=O) groups excluding carboxylic acids is 1. The van der Waals surface area contributed by atoms with Crippen molar-refractivity contribution < 1.29 is 19.4 Å². The number of thioether (sulfide) groups is 1. The molecule has 0 atom stereocenters. The summed E-state index contributed by atoms with van der Waals surface area (Å²) >= 11 is 13.4. The molecule has 26 heavy (non-hydrogen) atoms. The van der Waals surface area contributed by atoms with E-state index < -0.39 is 5.97 Å². The molecule has 2 aromatic carbocycles. The Hall–Kier alpha value is -1.95. The molecule has 0 unspecified atom stereocenters. The van der Waals surface area contributed by atoms with Crippen LogP contribution in [0.15, 0.2) is 42.5 Å². The van der Waals surface area contributed by atoms with Crippen LogP contribution in [0.25, 0.3) is 6.08 Å². The molecule has 0 bridgehead atoms. The monoisotopic (exact) mass is 410 g/mol. The van der Waals surface area contributed by atoms with Crippen LogP contribution in [0, 0.1) is 0 Å². The Morgan fingerprint density at radius 3 is 2.50 bits per heavy atom. The van der Waals surface area contributed by atoms with Crippen LogP contribution in [0.2, 0.25) is 10.0 Å².